The third-order valence-electron chi connectivity index (χ3n) is 3.44. The molecule has 0 spiro atoms. The second-order valence-electron chi connectivity index (χ2n) is 5.04. The van der Waals surface area contributed by atoms with Crippen molar-refractivity contribution in [3.8, 4) is 0 Å². The van der Waals surface area contributed by atoms with Crippen molar-refractivity contribution in [2.24, 2.45) is 11.3 Å². The average Bonchev–Trinajstić information content (AvgIpc) is 2.43. The number of hydrogen-bond acceptors (Lipinski definition) is 6. The second-order valence-corrected chi connectivity index (χ2v) is 5.04. The summed E-state index contributed by atoms with van der Waals surface area (Å²) in [4.78, 5) is 35.9. The number of carbonyl (C=O) groups is 3. The van der Waals surface area contributed by atoms with Gasteiger partial charge in [-0.1, -0.05) is 0 Å². The van der Waals surface area contributed by atoms with Crippen LogP contribution in [0.2, 0.25) is 0 Å². The highest BCUT2D eigenvalue weighted by atomic mass is 16.5. The molecule has 0 fully saturated rings. The fraction of sp³-hybridized carbons (Fsp3) is 0.733. The van der Waals surface area contributed by atoms with Gasteiger partial charge in [-0.05, 0) is 53.2 Å². The summed E-state index contributed by atoms with van der Waals surface area (Å²) < 4.78 is 9.95. The van der Waals surface area contributed by atoms with Gasteiger partial charge in [-0.15, -0.1) is 0 Å². The van der Waals surface area contributed by atoms with E-state index in [1.54, 1.807) is 13.8 Å². The number of Topliss-reactive ketones (excluding diaryl/α,β-unsaturated/α-hetero) is 1. The summed E-state index contributed by atoms with van der Waals surface area (Å²) in [5, 5.41) is 7.07. The molecule has 0 radical (unpaired) electrons. The van der Waals surface area contributed by atoms with Crippen LogP contribution < -0.4 is 0 Å². The highest BCUT2D eigenvalue weighted by Gasteiger charge is 2.43. The minimum Gasteiger partial charge on any atom is -0.466 e. The molecule has 0 aliphatic carbocycles. The van der Waals surface area contributed by atoms with E-state index in [9.17, 15) is 14.4 Å². The molecular weight excluding hydrogens is 274 g/mol. The Hall–Kier alpha value is -1.72. The number of esters is 2. The number of ketones is 1. The second kappa shape index (κ2) is 9.26. The zero-order valence-electron chi connectivity index (χ0n) is 13.2. The van der Waals surface area contributed by atoms with Crippen LogP contribution in [0.25, 0.3) is 0 Å². The smallest absolute Gasteiger partial charge is 0.319 e. The van der Waals surface area contributed by atoms with Gasteiger partial charge in [-0.2, -0.15) is 0 Å². The van der Waals surface area contributed by atoms with Gasteiger partial charge in [-0.25, -0.2) is 0 Å². The molecule has 2 atom stereocenters. The molecule has 0 saturated heterocycles. The van der Waals surface area contributed by atoms with Crippen molar-refractivity contribution >= 4 is 23.9 Å². The Morgan fingerprint density at radius 2 is 1.76 bits per heavy atom. The lowest BCUT2D eigenvalue weighted by atomic mass is 9.76. The van der Waals surface area contributed by atoms with Gasteiger partial charge in [0.2, 0.25) is 0 Å². The zero-order chi connectivity index (χ0) is 16.5. The summed E-state index contributed by atoms with van der Waals surface area (Å²) in [5.41, 5.74) is -1.37. The summed E-state index contributed by atoms with van der Waals surface area (Å²) in [6.07, 6.45) is 1.99. The molecule has 2 unspecified atom stereocenters. The molecule has 120 valence electrons. The lowest BCUT2D eigenvalue weighted by molar-refractivity contribution is -0.161. The Labute approximate surface area is 125 Å². The molecule has 0 aromatic heterocycles. The molecule has 0 bridgehead atoms. The topological polar surface area (TPSA) is 93.5 Å². The SMILES string of the molecule is CCOC(=O)C(CCC=N)CC(C)(C(C)=O)C(=O)OCC. The van der Waals surface area contributed by atoms with Gasteiger partial charge < -0.3 is 14.9 Å². The number of nitrogens with one attached hydrogen (secondary N) is 1. The molecule has 0 rings (SSSR count). The van der Waals surface area contributed by atoms with Crippen LogP contribution in [0.5, 0.6) is 0 Å². The van der Waals surface area contributed by atoms with Gasteiger partial charge in [0.25, 0.3) is 0 Å². The first-order chi connectivity index (χ1) is 9.83. The highest BCUT2D eigenvalue weighted by Crippen LogP contribution is 2.31. The maximum atomic E-state index is 12.1. The molecule has 0 aromatic carbocycles. The minimum atomic E-state index is -1.37. The van der Waals surface area contributed by atoms with E-state index >= 15 is 0 Å². The average molecular weight is 299 g/mol. The standard InChI is InChI=1S/C15H25NO5/c1-5-20-13(18)12(8-7-9-16)10-15(4,11(3)17)14(19)21-6-2/h9,12,16H,5-8,10H2,1-4H3. The van der Waals surface area contributed by atoms with Gasteiger partial charge >= 0.3 is 11.9 Å². The van der Waals surface area contributed by atoms with Crippen LogP contribution in [0.4, 0.5) is 0 Å². The first-order valence-electron chi connectivity index (χ1n) is 7.17. The molecular formula is C15H25NO5. The lowest BCUT2D eigenvalue weighted by Crippen LogP contribution is -2.40. The van der Waals surface area contributed by atoms with Crippen LogP contribution >= 0.6 is 0 Å². The fourth-order valence-corrected chi connectivity index (χ4v) is 2.00. The predicted octanol–water partition coefficient (Wildman–Crippen LogP) is 2.14. The van der Waals surface area contributed by atoms with Gasteiger partial charge in [0.05, 0.1) is 19.1 Å². The van der Waals surface area contributed by atoms with Crippen LogP contribution in [-0.4, -0.2) is 37.2 Å². The van der Waals surface area contributed by atoms with Crippen LogP contribution in [0.3, 0.4) is 0 Å². The van der Waals surface area contributed by atoms with Gasteiger partial charge in [0.15, 0.2) is 0 Å². The molecule has 0 amide bonds. The number of rotatable bonds is 10. The molecule has 6 heteroatoms. The molecule has 6 nitrogen and oxygen atoms in total. The monoisotopic (exact) mass is 299 g/mol. The van der Waals surface area contributed by atoms with Crippen molar-refractivity contribution in [3.63, 3.8) is 0 Å². The lowest BCUT2D eigenvalue weighted by Gasteiger charge is -2.28. The molecule has 0 aliphatic heterocycles. The van der Waals surface area contributed by atoms with Crippen molar-refractivity contribution in [1.82, 2.24) is 0 Å². The quantitative estimate of drug-likeness (QED) is 0.379. The number of carbonyl (C=O) groups excluding carboxylic acids is 3. The van der Waals surface area contributed by atoms with Gasteiger partial charge in [0.1, 0.15) is 11.2 Å². The summed E-state index contributed by atoms with van der Waals surface area (Å²) in [7, 11) is 0. The third kappa shape index (κ3) is 5.65. The van der Waals surface area contributed by atoms with E-state index in [0.717, 1.165) is 0 Å². The fourth-order valence-electron chi connectivity index (χ4n) is 2.00. The first kappa shape index (κ1) is 19.3. The summed E-state index contributed by atoms with van der Waals surface area (Å²) in [5.74, 6) is -2.02. The van der Waals surface area contributed by atoms with Crippen LogP contribution in [0.1, 0.15) is 47.0 Å². The van der Waals surface area contributed by atoms with Crippen molar-refractivity contribution in [2.45, 2.75) is 47.0 Å². The number of ether oxygens (including phenoxy) is 2. The molecule has 0 aliphatic rings. The summed E-state index contributed by atoms with van der Waals surface area (Å²) >= 11 is 0. The van der Waals surface area contributed by atoms with E-state index in [4.69, 9.17) is 14.9 Å². The predicted molar refractivity (Wildman–Crippen MR) is 78.2 cm³/mol. The van der Waals surface area contributed by atoms with E-state index in [0.29, 0.717) is 12.8 Å². The molecule has 0 heterocycles. The van der Waals surface area contributed by atoms with Crippen molar-refractivity contribution in [1.29, 1.82) is 5.41 Å². The Kier molecular flexibility index (Phi) is 8.50. The largest absolute Gasteiger partial charge is 0.466 e. The third-order valence-corrected chi connectivity index (χ3v) is 3.44. The molecule has 0 saturated carbocycles. The van der Waals surface area contributed by atoms with E-state index in [1.807, 2.05) is 0 Å². The van der Waals surface area contributed by atoms with E-state index in [1.165, 1.54) is 20.1 Å². The Bertz CT molecular complexity index is 394. The van der Waals surface area contributed by atoms with E-state index in [-0.39, 0.29) is 25.4 Å². The normalized spacial score (nSPS) is 14.7. The van der Waals surface area contributed by atoms with Gasteiger partial charge in [0, 0.05) is 0 Å². The van der Waals surface area contributed by atoms with Gasteiger partial charge in [-0.3, -0.25) is 14.4 Å². The Balaban J connectivity index is 5.20. The van der Waals surface area contributed by atoms with Crippen LogP contribution in [0.15, 0.2) is 0 Å². The highest BCUT2D eigenvalue weighted by molar-refractivity contribution is 6.02. The summed E-state index contributed by atoms with van der Waals surface area (Å²) in [6.45, 7) is 6.57. The Morgan fingerprint density at radius 3 is 2.19 bits per heavy atom. The van der Waals surface area contributed by atoms with Crippen molar-refractivity contribution in [3.05, 3.63) is 0 Å². The van der Waals surface area contributed by atoms with E-state index < -0.39 is 23.3 Å². The minimum absolute atomic E-state index is 0.0356. The van der Waals surface area contributed by atoms with Crippen LogP contribution in [0, 0.1) is 16.7 Å². The zero-order valence-corrected chi connectivity index (χ0v) is 13.2. The number of hydrogen-bond donors (Lipinski definition) is 1. The first-order valence-corrected chi connectivity index (χ1v) is 7.17. The van der Waals surface area contributed by atoms with E-state index in [2.05, 4.69) is 0 Å². The Morgan fingerprint density at radius 1 is 1.19 bits per heavy atom. The maximum absolute atomic E-state index is 12.1. The van der Waals surface area contributed by atoms with Crippen molar-refractivity contribution in [2.75, 3.05) is 13.2 Å². The molecule has 21 heavy (non-hydrogen) atoms. The van der Waals surface area contributed by atoms with Crippen LogP contribution in [-0.2, 0) is 23.9 Å². The molecule has 0 aromatic rings. The molecule has 1 N–H and O–H groups in total. The van der Waals surface area contributed by atoms with Crippen molar-refractivity contribution < 1.29 is 23.9 Å². The summed E-state index contributed by atoms with van der Waals surface area (Å²) in [6, 6.07) is 0. The maximum Gasteiger partial charge on any atom is 0.319 e.